The molecule has 1 amide bonds. The van der Waals surface area contributed by atoms with Gasteiger partial charge in [0.25, 0.3) is 0 Å². The van der Waals surface area contributed by atoms with Gasteiger partial charge in [-0.3, -0.25) is 4.79 Å². The molecule has 3 nitrogen and oxygen atoms in total. The average Bonchev–Trinajstić information content (AvgIpc) is 3.20. The normalized spacial score (nSPS) is 20.6. The minimum atomic E-state index is -0.325. The highest BCUT2D eigenvalue weighted by Gasteiger charge is 2.46. The highest BCUT2D eigenvalue weighted by molar-refractivity contribution is 6.31. The number of hydrogen-bond donors (Lipinski definition) is 2. The van der Waals surface area contributed by atoms with Crippen LogP contribution in [0.15, 0.2) is 36.4 Å². The molecule has 1 heterocycles. The Labute approximate surface area is 157 Å². The van der Waals surface area contributed by atoms with Crippen LogP contribution in [0.3, 0.4) is 0 Å². The van der Waals surface area contributed by atoms with Crippen LogP contribution in [0.1, 0.15) is 34.6 Å². The zero-order valence-corrected chi connectivity index (χ0v) is 15.1. The van der Waals surface area contributed by atoms with E-state index in [1.165, 1.54) is 17.2 Å². The molecule has 0 radical (unpaired) electrons. The number of amides is 1. The van der Waals surface area contributed by atoms with Crippen molar-refractivity contribution in [2.24, 2.45) is 5.92 Å². The fourth-order valence-corrected chi connectivity index (χ4v) is 3.75. The quantitative estimate of drug-likeness (QED) is 0.843. The largest absolute Gasteiger partial charge is 0.352 e. The lowest BCUT2D eigenvalue weighted by Crippen LogP contribution is -2.25. The van der Waals surface area contributed by atoms with E-state index in [1.807, 2.05) is 6.07 Å². The van der Waals surface area contributed by atoms with Crippen LogP contribution in [-0.2, 0) is 24.4 Å². The van der Waals surface area contributed by atoms with Gasteiger partial charge in [-0.15, -0.1) is 12.4 Å². The molecule has 2 aromatic carbocycles. The average molecular weight is 381 g/mol. The molecule has 0 spiro atoms. The first-order chi connectivity index (χ1) is 11.6. The van der Waals surface area contributed by atoms with E-state index >= 15 is 0 Å². The van der Waals surface area contributed by atoms with Crippen molar-refractivity contribution in [1.29, 1.82) is 0 Å². The molecule has 132 valence electrons. The zero-order valence-electron chi connectivity index (χ0n) is 13.5. The van der Waals surface area contributed by atoms with E-state index in [9.17, 15) is 9.18 Å². The minimum Gasteiger partial charge on any atom is -0.352 e. The summed E-state index contributed by atoms with van der Waals surface area (Å²) in [5.74, 6) is -0.648. The molecular formula is C19H19Cl2FN2O. The third-order valence-corrected chi connectivity index (χ3v) is 5.20. The van der Waals surface area contributed by atoms with Gasteiger partial charge >= 0.3 is 0 Å². The van der Waals surface area contributed by atoms with Gasteiger partial charge in [-0.2, -0.15) is 0 Å². The summed E-state index contributed by atoms with van der Waals surface area (Å²) < 4.78 is 13.9. The summed E-state index contributed by atoms with van der Waals surface area (Å²) in [7, 11) is 0. The molecule has 0 saturated heterocycles. The van der Waals surface area contributed by atoms with E-state index in [2.05, 4.69) is 22.8 Å². The third-order valence-electron chi connectivity index (χ3n) is 4.87. The predicted octanol–water partition coefficient (Wildman–Crippen LogP) is 3.92. The van der Waals surface area contributed by atoms with Gasteiger partial charge < -0.3 is 10.6 Å². The van der Waals surface area contributed by atoms with Gasteiger partial charge in [0.1, 0.15) is 5.82 Å². The fraction of sp³-hybridized carbons (Fsp3) is 0.316. The molecule has 1 aliphatic carbocycles. The number of carbonyl (C=O) groups is 1. The van der Waals surface area contributed by atoms with Crippen molar-refractivity contribution in [3.05, 3.63) is 69.5 Å². The van der Waals surface area contributed by atoms with Crippen molar-refractivity contribution in [2.45, 2.75) is 32.0 Å². The first-order valence-electron chi connectivity index (χ1n) is 8.16. The van der Waals surface area contributed by atoms with Gasteiger partial charge in [0.2, 0.25) is 5.91 Å². The minimum absolute atomic E-state index is 0. The summed E-state index contributed by atoms with van der Waals surface area (Å²) in [5, 5.41) is 6.68. The van der Waals surface area contributed by atoms with Crippen molar-refractivity contribution >= 4 is 29.9 Å². The number of rotatable bonds is 4. The highest BCUT2D eigenvalue weighted by atomic mass is 35.5. The van der Waals surface area contributed by atoms with Gasteiger partial charge in [0, 0.05) is 42.1 Å². The zero-order chi connectivity index (χ0) is 16.7. The van der Waals surface area contributed by atoms with Crippen LogP contribution in [0, 0.1) is 11.7 Å². The fourth-order valence-electron chi connectivity index (χ4n) is 3.45. The van der Waals surface area contributed by atoms with Gasteiger partial charge in [-0.1, -0.05) is 35.9 Å². The Bertz CT molecular complexity index is 792. The molecule has 1 fully saturated rings. The van der Waals surface area contributed by atoms with Gasteiger partial charge in [0.15, 0.2) is 0 Å². The first-order valence-corrected chi connectivity index (χ1v) is 8.54. The van der Waals surface area contributed by atoms with E-state index in [1.54, 1.807) is 12.1 Å². The van der Waals surface area contributed by atoms with Crippen LogP contribution < -0.4 is 10.6 Å². The summed E-state index contributed by atoms with van der Waals surface area (Å²) in [6.07, 6.45) is 0.653. The van der Waals surface area contributed by atoms with Crippen molar-refractivity contribution in [3.63, 3.8) is 0 Å². The number of fused-ring (bicyclic) bond motifs is 1. The summed E-state index contributed by atoms with van der Waals surface area (Å²) >= 11 is 6.08. The van der Waals surface area contributed by atoms with Crippen molar-refractivity contribution in [1.82, 2.24) is 10.6 Å². The second-order valence-electron chi connectivity index (χ2n) is 6.51. The first kappa shape index (κ1) is 18.2. The Morgan fingerprint density at radius 3 is 2.84 bits per heavy atom. The van der Waals surface area contributed by atoms with Crippen LogP contribution in [0.25, 0.3) is 0 Å². The maximum absolute atomic E-state index is 13.9. The van der Waals surface area contributed by atoms with Gasteiger partial charge in [-0.05, 0) is 35.2 Å². The standard InChI is InChI=1S/C19H18ClFN2O.ClH/c20-16-2-1-3-17(21)18(16)14-7-15(14)19(24)23-8-11-4-5-12-9-22-10-13(12)6-11;/h1-6,14-15,22H,7-10H2,(H,23,24);1H. The maximum atomic E-state index is 13.9. The van der Waals surface area contributed by atoms with Crippen molar-refractivity contribution in [3.8, 4) is 0 Å². The van der Waals surface area contributed by atoms with Crippen LogP contribution in [0.4, 0.5) is 4.39 Å². The molecule has 2 unspecified atom stereocenters. The molecule has 2 N–H and O–H groups in total. The monoisotopic (exact) mass is 380 g/mol. The number of hydrogen-bond acceptors (Lipinski definition) is 2. The van der Waals surface area contributed by atoms with Crippen LogP contribution in [-0.4, -0.2) is 5.91 Å². The Balaban J connectivity index is 0.00000182. The number of benzene rings is 2. The lowest BCUT2D eigenvalue weighted by molar-refractivity contribution is -0.122. The Morgan fingerprint density at radius 2 is 2.04 bits per heavy atom. The Morgan fingerprint density at radius 1 is 1.24 bits per heavy atom. The maximum Gasteiger partial charge on any atom is 0.224 e. The third kappa shape index (κ3) is 3.66. The Hall–Kier alpha value is -1.62. The lowest BCUT2D eigenvalue weighted by Gasteiger charge is -2.08. The van der Waals surface area contributed by atoms with Crippen LogP contribution in [0.5, 0.6) is 0 Å². The molecule has 25 heavy (non-hydrogen) atoms. The molecular weight excluding hydrogens is 362 g/mol. The van der Waals surface area contributed by atoms with E-state index in [0.29, 0.717) is 23.6 Å². The van der Waals surface area contributed by atoms with Crippen LogP contribution >= 0.6 is 24.0 Å². The van der Waals surface area contributed by atoms with E-state index in [0.717, 1.165) is 18.7 Å². The van der Waals surface area contributed by atoms with E-state index in [4.69, 9.17) is 11.6 Å². The summed E-state index contributed by atoms with van der Waals surface area (Å²) in [6.45, 7) is 2.29. The molecule has 1 saturated carbocycles. The summed E-state index contributed by atoms with van der Waals surface area (Å²) in [4.78, 5) is 12.3. The predicted molar refractivity (Wildman–Crippen MR) is 98.3 cm³/mol. The van der Waals surface area contributed by atoms with E-state index < -0.39 is 0 Å². The smallest absolute Gasteiger partial charge is 0.224 e. The van der Waals surface area contributed by atoms with Gasteiger partial charge in [0.05, 0.1) is 0 Å². The second kappa shape index (κ2) is 7.32. The van der Waals surface area contributed by atoms with Crippen LogP contribution in [0.2, 0.25) is 5.02 Å². The highest BCUT2D eigenvalue weighted by Crippen LogP contribution is 2.50. The topological polar surface area (TPSA) is 41.1 Å². The number of nitrogens with one attached hydrogen (secondary N) is 2. The SMILES string of the molecule is Cl.O=C(NCc1ccc2c(c1)CNC2)C1CC1c1c(F)cccc1Cl. The molecule has 1 aliphatic heterocycles. The number of carbonyl (C=O) groups excluding carboxylic acids is 1. The molecule has 0 bridgehead atoms. The summed E-state index contributed by atoms with van der Waals surface area (Å²) in [5.41, 5.74) is 4.18. The van der Waals surface area contributed by atoms with Gasteiger partial charge in [-0.25, -0.2) is 4.39 Å². The molecule has 4 rings (SSSR count). The second-order valence-corrected chi connectivity index (χ2v) is 6.92. The molecule has 6 heteroatoms. The van der Waals surface area contributed by atoms with Crippen molar-refractivity contribution in [2.75, 3.05) is 0 Å². The van der Waals surface area contributed by atoms with Crippen molar-refractivity contribution < 1.29 is 9.18 Å². The Kier molecular flexibility index (Phi) is 5.32. The number of halogens is 3. The lowest BCUT2D eigenvalue weighted by atomic mass is 10.1. The van der Waals surface area contributed by atoms with E-state index in [-0.39, 0.29) is 36.0 Å². The molecule has 2 atom stereocenters. The molecule has 2 aromatic rings. The molecule has 2 aliphatic rings. The molecule has 0 aromatic heterocycles. The summed E-state index contributed by atoms with van der Waals surface area (Å²) in [6, 6.07) is 10.9.